The summed E-state index contributed by atoms with van der Waals surface area (Å²) in [7, 11) is -1.04. The Morgan fingerprint density at radius 1 is 1.16 bits per heavy atom. The van der Waals surface area contributed by atoms with E-state index in [1.165, 1.54) is 6.04 Å². The Hall–Kier alpha value is -0.523. The third kappa shape index (κ3) is 12.3. The zero-order valence-corrected chi connectivity index (χ0v) is 14.6. The van der Waals surface area contributed by atoms with Crippen LogP contribution in [0, 0.1) is 17.8 Å². The van der Waals surface area contributed by atoms with Crippen LogP contribution in [0.4, 0.5) is 0 Å². The summed E-state index contributed by atoms with van der Waals surface area (Å²) in [5.74, 6) is 7.39. The summed E-state index contributed by atoms with van der Waals surface area (Å²) in [4.78, 5) is 0. The number of nitrogens with two attached hydrogens (primary N) is 1. The minimum absolute atomic E-state index is 0.206. The third-order valence-electron chi connectivity index (χ3n) is 3.01. The van der Waals surface area contributed by atoms with Crippen molar-refractivity contribution in [1.82, 2.24) is 0 Å². The van der Waals surface area contributed by atoms with Crippen LogP contribution in [0.5, 0.6) is 0 Å². The van der Waals surface area contributed by atoms with E-state index in [4.69, 9.17) is 5.73 Å². The standard InChI is InChI=1S/C17H33NSi/c1-6-8-10-11-16(15-19(3,4)5)13-14-17(18)12-9-7-2/h9,12,16-17H,6-8,13-15,18H2,1-5H3/b12-9+. The molecule has 0 fully saturated rings. The summed E-state index contributed by atoms with van der Waals surface area (Å²) in [6.07, 6.45) is 9.78. The first-order chi connectivity index (χ1) is 8.89. The normalized spacial score (nSPS) is 15.1. The third-order valence-corrected chi connectivity index (χ3v) is 4.72. The van der Waals surface area contributed by atoms with Gasteiger partial charge in [-0.1, -0.05) is 45.6 Å². The Kier molecular flexibility index (Phi) is 10.0. The molecule has 110 valence electrons. The topological polar surface area (TPSA) is 26.0 Å². The van der Waals surface area contributed by atoms with Crippen LogP contribution in [0.3, 0.4) is 0 Å². The van der Waals surface area contributed by atoms with Crippen molar-refractivity contribution >= 4 is 8.07 Å². The highest BCUT2D eigenvalue weighted by Crippen LogP contribution is 2.21. The van der Waals surface area contributed by atoms with Crippen LogP contribution < -0.4 is 5.73 Å². The van der Waals surface area contributed by atoms with E-state index >= 15 is 0 Å². The Bertz CT molecular complexity index is 303. The van der Waals surface area contributed by atoms with Crippen LogP contribution in [-0.4, -0.2) is 14.1 Å². The summed E-state index contributed by atoms with van der Waals surface area (Å²) in [6.45, 7) is 11.6. The van der Waals surface area contributed by atoms with E-state index in [2.05, 4.69) is 57.5 Å². The van der Waals surface area contributed by atoms with Crippen molar-refractivity contribution in [3.8, 4) is 11.8 Å². The highest BCUT2D eigenvalue weighted by Gasteiger charge is 2.19. The zero-order valence-electron chi connectivity index (χ0n) is 13.6. The van der Waals surface area contributed by atoms with Gasteiger partial charge in [-0.25, -0.2) is 0 Å². The lowest BCUT2D eigenvalue weighted by molar-refractivity contribution is 0.580. The average molecular weight is 280 g/mol. The molecule has 1 nitrogen and oxygen atoms in total. The number of rotatable bonds is 8. The Morgan fingerprint density at radius 2 is 1.84 bits per heavy atom. The molecule has 0 amide bonds. The van der Waals surface area contributed by atoms with E-state index in [0.717, 1.165) is 32.1 Å². The average Bonchev–Trinajstić information content (AvgIpc) is 2.31. The molecular weight excluding hydrogens is 246 g/mol. The van der Waals surface area contributed by atoms with Crippen LogP contribution in [0.1, 0.15) is 46.0 Å². The molecule has 0 aromatic heterocycles. The molecule has 0 aromatic rings. The van der Waals surface area contributed by atoms with Crippen molar-refractivity contribution in [2.75, 3.05) is 0 Å². The lowest BCUT2D eigenvalue weighted by atomic mass is 10.0. The second kappa shape index (κ2) is 10.3. The van der Waals surface area contributed by atoms with E-state index in [1.807, 2.05) is 0 Å². The summed E-state index contributed by atoms with van der Waals surface area (Å²) in [5.41, 5.74) is 6.10. The van der Waals surface area contributed by atoms with Gasteiger partial charge in [0.05, 0.1) is 0 Å². The number of hydrogen-bond acceptors (Lipinski definition) is 1. The first-order valence-corrected chi connectivity index (χ1v) is 11.5. The molecule has 0 saturated carbocycles. The van der Waals surface area contributed by atoms with Crippen molar-refractivity contribution in [2.24, 2.45) is 11.7 Å². The van der Waals surface area contributed by atoms with Gasteiger partial charge >= 0.3 is 0 Å². The maximum absolute atomic E-state index is 6.10. The highest BCUT2D eigenvalue weighted by molar-refractivity contribution is 6.76. The van der Waals surface area contributed by atoms with Crippen molar-refractivity contribution in [3.63, 3.8) is 0 Å². The van der Waals surface area contributed by atoms with Crippen LogP contribution >= 0.6 is 0 Å². The molecule has 0 rings (SSSR count). The fourth-order valence-corrected chi connectivity index (χ4v) is 3.89. The Morgan fingerprint density at radius 3 is 2.37 bits per heavy atom. The molecule has 0 saturated heterocycles. The molecule has 2 N–H and O–H groups in total. The number of hydrogen-bond donors (Lipinski definition) is 1. The smallest absolute Gasteiger partial charge is 0.0454 e. The monoisotopic (exact) mass is 279 g/mol. The molecule has 0 aromatic carbocycles. The summed E-state index contributed by atoms with van der Waals surface area (Å²) >= 11 is 0. The van der Waals surface area contributed by atoms with Gasteiger partial charge < -0.3 is 5.73 Å². The second-order valence-electron chi connectivity index (χ2n) is 6.61. The van der Waals surface area contributed by atoms with Gasteiger partial charge in [0, 0.05) is 26.5 Å². The largest absolute Gasteiger partial charge is 0.324 e. The molecular formula is C17H33NSi. The van der Waals surface area contributed by atoms with E-state index in [-0.39, 0.29) is 6.04 Å². The second-order valence-corrected chi connectivity index (χ2v) is 12.1. The summed E-state index contributed by atoms with van der Waals surface area (Å²) < 4.78 is 0. The van der Waals surface area contributed by atoms with Gasteiger partial charge in [-0.05, 0) is 31.7 Å². The van der Waals surface area contributed by atoms with Gasteiger partial charge in [0.25, 0.3) is 0 Å². The first kappa shape index (κ1) is 18.5. The molecule has 0 radical (unpaired) electrons. The van der Waals surface area contributed by atoms with Crippen LogP contribution in [-0.2, 0) is 0 Å². The SMILES string of the molecule is CC/C=C/C(N)CCC(C#CCCC)C[Si](C)(C)C. The molecule has 19 heavy (non-hydrogen) atoms. The predicted octanol–water partition coefficient (Wildman–Crippen LogP) is 4.82. The maximum atomic E-state index is 6.10. The van der Waals surface area contributed by atoms with Gasteiger partial charge in [0.2, 0.25) is 0 Å². The number of unbranched alkanes of at least 4 members (excludes halogenated alkanes) is 1. The number of allylic oxidation sites excluding steroid dienone is 1. The van der Waals surface area contributed by atoms with Crippen LogP contribution in [0.25, 0.3) is 0 Å². The lowest BCUT2D eigenvalue weighted by Crippen LogP contribution is -2.25. The highest BCUT2D eigenvalue weighted by atomic mass is 28.3. The minimum Gasteiger partial charge on any atom is -0.324 e. The van der Waals surface area contributed by atoms with Crippen molar-refractivity contribution in [2.45, 2.75) is 77.7 Å². The first-order valence-electron chi connectivity index (χ1n) is 7.79. The fourth-order valence-electron chi connectivity index (χ4n) is 2.11. The van der Waals surface area contributed by atoms with E-state index in [9.17, 15) is 0 Å². The van der Waals surface area contributed by atoms with E-state index in [1.54, 1.807) is 0 Å². The molecule has 0 bridgehead atoms. The van der Waals surface area contributed by atoms with Gasteiger partial charge in [-0.3, -0.25) is 0 Å². The van der Waals surface area contributed by atoms with Gasteiger partial charge in [-0.2, -0.15) is 0 Å². The summed E-state index contributed by atoms with van der Waals surface area (Å²) in [6, 6.07) is 1.51. The predicted molar refractivity (Wildman–Crippen MR) is 91.0 cm³/mol. The maximum Gasteiger partial charge on any atom is 0.0454 e. The molecule has 0 aliphatic rings. The quantitative estimate of drug-likeness (QED) is 0.385. The van der Waals surface area contributed by atoms with E-state index < -0.39 is 8.07 Å². The minimum atomic E-state index is -1.04. The summed E-state index contributed by atoms with van der Waals surface area (Å²) in [5, 5.41) is 0. The van der Waals surface area contributed by atoms with Crippen molar-refractivity contribution in [3.05, 3.63) is 12.2 Å². The zero-order chi connectivity index (χ0) is 14.7. The molecule has 0 aliphatic heterocycles. The van der Waals surface area contributed by atoms with Gasteiger partial charge in [0.15, 0.2) is 0 Å². The Balaban J connectivity index is 4.35. The molecule has 2 atom stereocenters. The molecule has 0 spiro atoms. The molecule has 2 unspecified atom stereocenters. The lowest BCUT2D eigenvalue weighted by Gasteiger charge is -2.21. The van der Waals surface area contributed by atoms with Gasteiger partial charge in [-0.15, -0.1) is 11.8 Å². The van der Waals surface area contributed by atoms with Crippen molar-refractivity contribution in [1.29, 1.82) is 0 Å². The van der Waals surface area contributed by atoms with Crippen LogP contribution in [0.2, 0.25) is 25.7 Å². The molecule has 2 heteroatoms. The fraction of sp³-hybridized carbons (Fsp3) is 0.765. The van der Waals surface area contributed by atoms with Gasteiger partial charge in [0.1, 0.15) is 0 Å². The Labute approximate surface area is 122 Å². The van der Waals surface area contributed by atoms with Crippen LogP contribution in [0.15, 0.2) is 12.2 Å². The molecule has 0 heterocycles. The van der Waals surface area contributed by atoms with E-state index in [0.29, 0.717) is 5.92 Å². The van der Waals surface area contributed by atoms with Crippen molar-refractivity contribution < 1.29 is 0 Å². The molecule has 0 aliphatic carbocycles.